The van der Waals surface area contributed by atoms with E-state index in [2.05, 4.69) is 30.6 Å². The van der Waals surface area contributed by atoms with Crippen LogP contribution in [0.4, 0.5) is 0 Å². The van der Waals surface area contributed by atoms with Crippen LogP contribution in [0.3, 0.4) is 0 Å². The van der Waals surface area contributed by atoms with Crippen LogP contribution in [0.5, 0.6) is 11.5 Å². The van der Waals surface area contributed by atoms with Crippen molar-refractivity contribution in [2.24, 2.45) is 0 Å². The summed E-state index contributed by atoms with van der Waals surface area (Å²) in [5.74, 6) is 1.34. The Hall–Kier alpha value is -1.56. The molecule has 22 heavy (non-hydrogen) atoms. The van der Waals surface area contributed by atoms with Crippen molar-refractivity contribution >= 4 is 11.3 Å². The van der Waals surface area contributed by atoms with Crippen molar-refractivity contribution in [2.75, 3.05) is 20.3 Å². The number of hydrogen-bond acceptors (Lipinski definition) is 5. The molecule has 2 rings (SSSR count). The van der Waals surface area contributed by atoms with Crippen LogP contribution in [0.25, 0.3) is 0 Å². The lowest BCUT2D eigenvalue weighted by Crippen LogP contribution is -2.17. The Morgan fingerprint density at radius 2 is 2.09 bits per heavy atom. The zero-order chi connectivity index (χ0) is 15.9. The molecule has 0 spiro atoms. The van der Waals surface area contributed by atoms with Gasteiger partial charge in [-0.2, -0.15) is 0 Å². The molecule has 0 aliphatic carbocycles. The number of nitrogens with one attached hydrogen (secondary N) is 1. The third-order valence-corrected chi connectivity index (χ3v) is 4.69. The molecule has 1 atom stereocenters. The SMILES string of the molecule is COc1cc(CNC(C)c2sccc2C)ccc1OCCO. The average molecular weight is 321 g/mol. The van der Waals surface area contributed by atoms with Crippen molar-refractivity contribution < 1.29 is 14.6 Å². The molecule has 0 radical (unpaired) electrons. The molecule has 120 valence electrons. The highest BCUT2D eigenvalue weighted by molar-refractivity contribution is 7.10. The van der Waals surface area contributed by atoms with Crippen molar-refractivity contribution in [2.45, 2.75) is 26.4 Å². The lowest BCUT2D eigenvalue weighted by atomic mass is 10.1. The molecule has 1 heterocycles. The summed E-state index contributed by atoms with van der Waals surface area (Å²) in [4.78, 5) is 1.37. The summed E-state index contributed by atoms with van der Waals surface area (Å²) in [5.41, 5.74) is 2.46. The van der Waals surface area contributed by atoms with Crippen LogP contribution in [-0.2, 0) is 6.54 Å². The Morgan fingerprint density at radius 3 is 2.73 bits per heavy atom. The molecule has 1 aromatic carbocycles. The van der Waals surface area contributed by atoms with E-state index >= 15 is 0 Å². The molecule has 0 saturated heterocycles. The van der Waals surface area contributed by atoms with Gasteiger partial charge in [0, 0.05) is 17.5 Å². The van der Waals surface area contributed by atoms with Gasteiger partial charge < -0.3 is 19.9 Å². The van der Waals surface area contributed by atoms with E-state index in [9.17, 15) is 0 Å². The van der Waals surface area contributed by atoms with Crippen LogP contribution >= 0.6 is 11.3 Å². The first kappa shape index (κ1) is 16.8. The largest absolute Gasteiger partial charge is 0.493 e. The van der Waals surface area contributed by atoms with E-state index in [0.717, 1.165) is 12.1 Å². The van der Waals surface area contributed by atoms with Crippen molar-refractivity contribution in [3.63, 3.8) is 0 Å². The molecule has 0 aliphatic rings. The summed E-state index contributed by atoms with van der Waals surface area (Å²) in [5, 5.41) is 14.5. The van der Waals surface area contributed by atoms with Gasteiger partial charge in [-0.3, -0.25) is 0 Å². The second-order valence-electron chi connectivity index (χ2n) is 5.13. The highest BCUT2D eigenvalue weighted by Crippen LogP contribution is 2.29. The number of thiophene rings is 1. The second kappa shape index (κ2) is 8.17. The maximum absolute atomic E-state index is 8.83. The Labute approximate surface area is 135 Å². The van der Waals surface area contributed by atoms with Crippen LogP contribution in [0, 0.1) is 6.92 Å². The molecule has 5 heteroatoms. The predicted molar refractivity (Wildman–Crippen MR) is 89.9 cm³/mol. The van der Waals surface area contributed by atoms with Gasteiger partial charge in [-0.15, -0.1) is 11.3 Å². The van der Waals surface area contributed by atoms with E-state index < -0.39 is 0 Å². The van der Waals surface area contributed by atoms with E-state index in [1.54, 1.807) is 18.4 Å². The predicted octanol–water partition coefficient (Wildman–Crippen LogP) is 3.29. The monoisotopic (exact) mass is 321 g/mol. The smallest absolute Gasteiger partial charge is 0.161 e. The maximum Gasteiger partial charge on any atom is 0.161 e. The molecule has 0 fully saturated rings. The van der Waals surface area contributed by atoms with E-state index in [1.165, 1.54) is 10.4 Å². The Morgan fingerprint density at radius 1 is 1.27 bits per heavy atom. The molecule has 4 nitrogen and oxygen atoms in total. The summed E-state index contributed by atoms with van der Waals surface area (Å²) in [6.45, 7) is 5.33. The van der Waals surface area contributed by atoms with Gasteiger partial charge in [0.1, 0.15) is 6.61 Å². The molecule has 0 aliphatic heterocycles. The summed E-state index contributed by atoms with van der Waals surface area (Å²) >= 11 is 1.78. The number of ether oxygens (including phenoxy) is 2. The number of hydrogen-bond donors (Lipinski definition) is 2. The third kappa shape index (κ3) is 4.22. The van der Waals surface area contributed by atoms with Crippen LogP contribution < -0.4 is 14.8 Å². The quantitative estimate of drug-likeness (QED) is 0.783. The molecule has 0 bridgehead atoms. The van der Waals surface area contributed by atoms with Crippen LogP contribution in [0.15, 0.2) is 29.6 Å². The van der Waals surface area contributed by atoms with Gasteiger partial charge in [0.15, 0.2) is 11.5 Å². The molecule has 2 N–H and O–H groups in total. The molecular weight excluding hydrogens is 298 g/mol. The molecule has 1 unspecified atom stereocenters. The fraction of sp³-hybridized carbons (Fsp3) is 0.412. The van der Waals surface area contributed by atoms with Crippen LogP contribution in [0.2, 0.25) is 0 Å². The number of aryl methyl sites for hydroxylation is 1. The minimum Gasteiger partial charge on any atom is -0.493 e. The standard InChI is InChI=1S/C17H23NO3S/c1-12-6-9-22-17(12)13(2)18-11-14-4-5-15(21-8-7-19)16(10-14)20-3/h4-6,9-10,13,18-19H,7-8,11H2,1-3H3. The number of aliphatic hydroxyl groups is 1. The third-order valence-electron chi connectivity index (χ3n) is 3.48. The van der Waals surface area contributed by atoms with Crippen molar-refractivity contribution in [3.8, 4) is 11.5 Å². The van der Waals surface area contributed by atoms with Crippen LogP contribution in [0.1, 0.15) is 29.0 Å². The zero-order valence-corrected chi connectivity index (χ0v) is 14.1. The first-order valence-corrected chi connectivity index (χ1v) is 8.21. The summed E-state index contributed by atoms with van der Waals surface area (Å²) in [7, 11) is 1.62. The van der Waals surface area contributed by atoms with E-state index in [-0.39, 0.29) is 13.2 Å². The lowest BCUT2D eigenvalue weighted by molar-refractivity contribution is 0.196. The molecule has 2 aromatic rings. The Bertz CT molecular complexity index is 597. The summed E-state index contributed by atoms with van der Waals surface area (Å²) < 4.78 is 10.8. The molecular formula is C17H23NO3S. The molecule has 0 amide bonds. The number of benzene rings is 1. The lowest BCUT2D eigenvalue weighted by Gasteiger charge is -2.15. The number of aliphatic hydroxyl groups excluding tert-OH is 1. The minimum atomic E-state index is -0.00978. The van der Waals surface area contributed by atoms with Crippen LogP contribution in [-0.4, -0.2) is 25.4 Å². The van der Waals surface area contributed by atoms with Gasteiger partial charge in [-0.1, -0.05) is 6.07 Å². The molecule has 1 aromatic heterocycles. The first-order valence-electron chi connectivity index (χ1n) is 7.33. The van der Waals surface area contributed by atoms with Gasteiger partial charge in [0.2, 0.25) is 0 Å². The normalized spacial score (nSPS) is 12.2. The van der Waals surface area contributed by atoms with Gasteiger partial charge in [-0.25, -0.2) is 0 Å². The highest BCUT2D eigenvalue weighted by Gasteiger charge is 2.10. The van der Waals surface area contributed by atoms with Crippen molar-refractivity contribution in [1.82, 2.24) is 5.32 Å². The van der Waals surface area contributed by atoms with Gasteiger partial charge in [0.05, 0.1) is 13.7 Å². The summed E-state index contributed by atoms with van der Waals surface area (Å²) in [6.07, 6.45) is 0. The molecule has 0 saturated carbocycles. The van der Waals surface area contributed by atoms with E-state index in [4.69, 9.17) is 14.6 Å². The topological polar surface area (TPSA) is 50.7 Å². The van der Waals surface area contributed by atoms with Crippen molar-refractivity contribution in [1.29, 1.82) is 0 Å². The van der Waals surface area contributed by atoms with E-state index in [1.807, 2.05) is 18.2 Å². The fourth-order valence-corrected chi connectivity index (χ4v) is 3.25. The number of rotatable bonds is 8. The highest BCUT2D eigenvalue weighted by atomic mass is 32.1. The Kier molecular flexibility index (Phi) is 6.24. The Balaban J connectivity index is 1.99. The van der Waals surface area contributed by atoms with E-state index in [0.29, 0.717) is 17.5 Å². The fourth-order valence-electron chi connectivity index (χ4n) is 2.29. The first-order chi connectivity index (χ1) is 10.7. The number of methoxy groups -OCH3 is 1. The van der Waals surface area contributed by atoms with Gasteiger partial charge in [-0.05, 0) is 48.6 Å². The maximum atomic E-state index is 8.83. The van der Waals surface area contributed by atoms with Crippen molar-refractivity contribution in [3.05, 3.63) is 45.6 Å². The van der Waals surface area contributed by atoms with Gasteiger partial charge >= 0.3 is 0 Å². The minimum absolute atomic E-state index is 0.00978. The average Bonchev–Trinajstić information content (AvgIpc) is 2.97. The zero-order valence-electron chi connectivity index (χ0n) is 13.3. The second-order valence-corrected chi connectivity index (χ2v) is 6.08. The van der Waals surface area contributed by atoms with Gasteiger partial charge in [0.25, 0.3) is 0 Å². The summed E-state index contributed by atoms with van der Waals surface area (Å²) in [6, 6.07) is 8.32.